The summed E-state index contributed by atoms with van der Waals surface area (Å²) in [7, 11) is 0. The Morgan fingerprint density at radius 3 is 2.27 bits per heavy atom. The number of imide groups is 2. The second kappa shape index (κ2) is 10.2. The summed E-state index contributed by atoms with van der Waals surface area (Å²) in [6, 6.07) is 4.31. The Bertz CT molecular complexity index is 974. The summed E-state index contributed by atoms with van der Waals surface area (Å²) in [6.07, 6.45) is 0.00110. The molecule has 2 aliphatic rings. The molecule has 1 fully saturated rings. The highest BCUT2D eigenvalue weighted by Gasteiger charge is 2.46. The average molecular weight is 522 g/mol. The molecule has 2 atom stereocenters. The number of hydrogen-bond acceptors (Lipinski definition) is 7. The molecule has 0 saturated carbocycles. The second-order valence-electron chi connectivity index (χ2n) is 8.05. The number of likely N-dealkylation sites (tertiary alicyclic amines) is 1. The summed E-state index contributed by atoms with van der Waals surface area (Å²) in [5.41, 5.74) is 0.441. The molecule has 33 heavy (non-hydrogen) atoms. The van der Waals surface area contributed by atoms with Crippen molar-refractivity contribution in [3.8, 4) is 0 Å². The number of nitrogens with zero attached hydrogens (tertiary/aromatic N) is 2. The summed E-state index contributed by atoms with van der Waals surface area (Å²) in [4.78, 5) is 76.7. The zero-order chi connectivity index (χ0) is 24.3. The Hall–Kier alpha value is -3.08. The van der Waals surface area contributed by atoms with E-state index in [1.165, 1.54) is 12.1 Å². The number of ether oxygens (including phenoxy) is 1. The third-order valence-electron chi connectivity index (χ3n) is 5.54. The first kappa shape index (κ1) is 24.6. The van der Waals surface area contributed by atoms with Crippen molar-refractivity contribution in [2.45, 2.75) is 38.8 Å². The monoisotopic (exact) mass is 521 g/mol. The molecule has 0 aromatic heterocycles. The highest BCUT2D eigenvalue weighted by Crippen LogP contribution is 2.28. The van der Waals surface area contributed by atoms with Gasteiger partial charge in [-0.05, 0) is 24.5 Å². The summed E-state index contributed by atoms with van der Waals surface area (Å²) in [5, 5.41) is 2.57. The van der Waals surface area contributed by atoms with Gasteiger partial charge in [-0.3, -0.25) is 33.8 Å². The number of esters is 1. The van der Waals surface area contributed by atoms with E-state index >= 15 is 0 Å². The van der Waals surface area contributed by atoms with Gasteiger partial charge in [-0.2, -0.15) is 0 Å². The standard InChI is InChI=1S/C22H24BrN3O7/c1-12(2)18(24-16(27)11-23)22(32)33-10-9-25-17(28)8-7-15(21(25)31)26-19(29)13-5-3-4-6-14(13)20(26)30/h3-6,12,15,18H,7-11H2,1-2H3,(H,24,27)/t15?,18-/m0/s1. The molecule has 1 saturated heterocycles. The molecular formula is C22H24BrN3O7. The van der Waals surface area contributed by atoms with Gasteiger partial charge >= 0.3 is 5.97 Å². The molecule has 176 valence electrons. The number of carbonyl (C=O) groups excluding carboxylic acids is 6. The molecular weight excluding hydrogens is 498 g/mol. The Morgan fingerprint density at radius 1 is 1.12 bits per heavy atom. The van der Waals surface area contributed by atoms with Crippen molar-refractivity contribution in [2.24, 2.45) is 5.92 Å². The first-order valence-corrected chi connectivity index (χ1v) is 11.6. The van der Waals surface area contributed by atoms with Crippen LogP contribution in [-0.4, -0.2) is 75.9 Å². The van der Waals surface area contributed by atoms with Crippen molar-refractivity contribution in [3.63, 3.8) is 0 Å². The maximum absolute atomic E-state index is 13.0. The van der Waals surface area contributed by atoms with E-state index in [0.29, 0.717) is 0 Å². The lowest BCUT2D eigenvalue weighted by Gasteiger charge is -2.34. The fraction of sp³-hybridized carbons (Fsp3) is 0.455. The Balaban J connectivity index is 1.65. The Morgan fingerprint density at radius 2 is 1.73 bits per heavy atom. The normalized spacial score (nSPS) is 19.1. The van der Waals surface area contributed by atoms with Gasteiger partial charge in [0.25, 0.3) is 17.7 Å². The number of alkyl halides is 1. The lowest BCUT2D eigenvalue weighted by atomic mass is 10.0. The number of piperidine rings is 1. The van der Waals surface area contributed by atoms with E-state index in [1.54, 1.807) is 26.0 Å². The molecule has 10 nitrogen and oxygen atoms in total. The quantitative estimate of drug-likeness (QED) is 0.305. The van der Waals surface area contributed by atoms with Crippen molar-refractivity contribution >= 4 is 51.4 Å². The number of benzene rings is 1. The number of nitrogens with one attached hydrogen (secondary N) is 1. The minimum absolute atomic E-state index is 0.0273. The Labute approximate surface area is 198 Å². The van der Waals surface area contributed by atoms with E-state index in [-0.39, 0.29) is 54.3 Å². The van der Waals surface area contributed by atoms with E-state index in [1.807, 2.05) is 0 Å². The number of fused-ring (bicyclic) bond motifs is 1. The van der Waals surface area contributed by atoms with E-state index in [0.717, 1.165) is 9.80 Å². The summed E-state index contributed by atoms with van der Waals surface area (Å²) in [5.74, 6) is -3.61. The van der Waals surface area contributed by atoms with Gasteiger partial charge in [0.05, 0.1) is 23.0 Å². The fourth-order valence-corrected chi connectivity index (χ4v) is 3.99. The van der Waals surface area contributed by atoms with Gasteiger partial charge in [-0.25, -0.2) is 4.79 Å². The summed E-state index contributed by atoms with van der Waals surface area (Å²) >= 11 is 3.01. The van der Waals surface area contributed by atoms with Crippen LogP contribution in [0.15, 0.2) is 24.3 Å². The van der Waals surface area contributed by atoms with Crippen LogP contribution in [0.4, 0.5) is 0 Å². The predicted octanol–water partition coefficient (Wildman–Crippen LogP) is 0.879. The average Bonchev–Trinajstić information content (AvgIpc) is 3.04. The molecule has 0 bridgehead atoms. The van der Waals surface area contributed by atoms with Crippen LogP contribution in [0.2, 0.25) is 0 Å². The SMILES string of the molecule is CC(C)[C@H](NC(=O)CBr)C(=O)OCCN1C(=O)CCC(N2C(=O)c3ccccc3C2=O)C1=O. The zero-order valence-corrected chi connectivity index (χ0v) is 19.8. The van der Waals surface area contributed by atoms with Crippen LogP contribution in [0, 0.1) is 5.92 Å². The number of halogens is 1. The molecule has 2 aliphatic heterocycles. The Kier molecular flexibility index (Phi) is 7.62. The molecule has 0 aliphatic carbocycles. The van der Waals surface area contributed by atoms with Gasteiger partial charge in [0, 0.05) is 6.42 Å². The van der Waals surface area contributed by atoms with E-state index in [2.05, 4.69) is 21.2 Å². The lowest BCUT2D eigenvalue weighted by molar-refractivity contribution is -0.156. The van der Waals surface area contributed by atoms with Gasteiger partial charge in [-0.1, -0.05) is 41.9 Å². The molecule has 0 radical (unpaired) electrons. The number of rotatable bonds is 8. The first-order chi connectivity index (χ1) is 15.7. The van der Waals surface area contributed by atoms with Crippen molar-refractivity contribution < 1.29 is 33.5 Å². The van der Waals surface area contributed by atoms with Crippen molar-refractivity contribution in [2.75, 3.05) is 18.5 Å². The molecule has 0 spiro atoms. The molecule has 1 aromatic carbocycles. The molecule has 11 heteroatoms. The van der Waals surface area contributed by atoms with Crippen LogP contribution >= 0.6 is 15.9 Å². The number of hydrogen-bond donors (Lipinski definition) is 1. The van der Waals surface area contributed by atoms with E-state index in [9.17, 15) is 28.8 Å². The van der Waals surface area contributed by atoms with Gasteiger partial charge in [0.1, 0.15) is 18.7 Å². The maximum atomic E-state index is 13.0. The van der Waals surface area contributed by atoms with Crippen LogP contribution in [-0.2, 0) is 23.9 Å². The number of carbonyl (C=O) groups is 6. The molecule has 1 N–H and O–H groups in total. The molecule has 1 unspecified atom stereocenters. The zero-order valence-electron chi connectivity index (χ0n) is 18.2. The third-order valence-corrected chi connectivity index (χ3v) is 6.05. The molecule has 1 aromatic rings. The highest BCUT2D eigenvalue weighted by molar-refractivity contribution is 9.09. The second-order valence-corrected chi connectivity index (χ2v) is 8.62. The fourth-order valence-electron chi connectivity index (χ4n) is 3.82. The van der Waals surface area contributed by atoms with Gasteiger partial charge in [0.15, 0.2) is 0 Å². The molecule has 5 amide bonds. The number of amides is 5. The third kappa shape index (κ3) is 4.97. The van der Waals surface area contributed by atoms with Gasteiger partial charge in [0.2, 0.25) is 11.8 Å². The largest absolute Gasteiger partial charge is 0.462 e. The van der Waals surface area contributed by atoms with Gasteiger partial charge in [-0.15, -0.1) is 0 Å². The maximum Gasteiger partial charge on any atom is 0.328 e. The van der Waals surface area contributed by atoms with Gasteiger partial charge < -0.3 is 10.1 Å². The lowest BCUT2D eigenvalue weighted by Crippen LogP contribution is -2.56. The molecule has 3 rings (SSSR count). The summed E-state index contributed by atoms with van der Waals surface area (Å²) in [6.45, 7) is 2.98. The minimum atomic E-state index is -1.10. The van der Waals surface area contributed by atoms with Crippen LogP contribution in [0.3, 0.4) is 0 Å². The predicted molar refractivity (Wildman–Crippen MR) is 118 cm³/mol. The summed E-state index contributed by atoms with van der Waals surface area (Å²) < 4.78 is 5.20. The van der Waals surface area contributed by atoms with Crippen LogP contribution < -0.4 is 5.32 Å². The van der Waals surface area contributed by atoms with Crippen LogP contribution in [0.25, 0.3) is 0 Å². The van der Waals surface area contributed by atoms with Crippen LogP contribution in [0.1, 0.15) is 47.4 Å². The first-order valence-electron chi connectivity index (χ1n) is 10.5. The van der Waals surface area contributed by atoms with Crippen molar-refractivity contribution in [3.05, 3.63) is 35.4 Å². The van der Waals surface area contributed by atoms with Crippen molar-refractivity contribution in [1.29, 1.82) is 0 Å². The minimum Gasteiger partial charge on any atom is -0.462 e. The highest BCUT2D eigenvalue weighted by atomic mass is 79.9. The smallest absolute Gasteiger partial charge is 0.328 e. The van der Waals surface area contributed by atoms with E-state index < -0.39 is 41.7 Å². The molecule has 2 heterocycles. The van der Waals surface area contributed by atoms with E-state index in [4.69, 9.17) is 4.74 Å². The van der Waals surface area contributed by atoms with Crippen LogP contribution in [0.5, 0.6) is 0 Å². The topological polar surface area (TPSA) is 130 Å². The van der Waals surface area contributed by atoms with Crippen molar-refractivity contribution in [1.82, 2.24) is 15.1 Å².